The average molecular weight is 326 g/mol. The molecule has 1 aromatic carbocycles. The van der Waals surface area contributed by atoms with Gasteiger partial charge < -0.3 is 16.7 Å². The minimum absolute atomic E-state index is 0. The van der Waals surface area contributed by atoms with Crippen LogP contribution in [0, 0.1) is 31.9 Å². The first-order valence-electron chi connectivity index (χ1n) is 8.21. The third-order valence-corrected chi connectivity index (χ3v) is 4.21. The second kappa shape index (κ2) is 9.61. The SMILES string of the molecule is C=CC1=C(C)C(C=N)=[C-]N(CC[CH-]C)C(c2c(C)cccc2C)=N1.[Li+]. The molecule has 2 rings (SSSR count). The van der Waals surface area contributed by atoms with E-state index in [1.165, 1.54) is 17.3 Å². The van der Waals surface area contributed by atoms with E-state index in [-0.39, 0.29) is 18.9 Å². The fraction of sp³-hybridized carbons (Fsp3) is 0.286. The molecule has 0 unspecified atom stereocenters. The van der Waals surface area contributed by atoms with Crippen molar-refractivity contribution in [2.75, 3.05) is 6.54 Å². The van der Waals surface area contributed by atoms with Crippen LogP contribution in [0.2, 0.25) is 0 Å². The number of benzene rings is 1. The van der Waals surface area contributed by atoms with Gasteiger partial charge in [-0.25, -0.2) is 0 Å². The Kier molecular flexibility index (Phi) is 8.15. The zero-order chi connectivity index (χ0) is 17.7. The third kappa shape index (κ3) is 4.63. The summed E-state index contributed by atoms with van der Waals surface area (Å²) in [6, 6.07) is 6.27. The largest absolute Gasteiger partial charge is 1.00 e. The quantitative estimate of drug-likeness (QED) is 0.483. The van der Waals surface area contributed by atoms with Crippen LogP contribution in [-0.2, 0) is 0 Å². The number of allylic oxidation sites excluding steroid dienone is 3. The van der Waals surface area contributed by atoms with Crippen molar-refractivity contribution >= 4 is 12.1 Å². The van der Waals surface area contributed by atoms with Crippen LogP contribution >= 0.6 is 0 Å². The van der Waals surface area contributed by atoms with Gasteiger partial charge in [0.25, 0.3) is 0 Å². The van der Waals surface area contributed by atoms with Crippen molar-refractivity contribution in [3.05, 3.63) is 77.0 Å². The van der Waals surface area contributed by atoms with E-state index in [1.54, 1.807) is 6.08 Å². The summed E-state index contributed by atoms with van der Waals surface area (Å²) < 4.78 is 0. The molecule has 0 radical (unpaired) electrons. The molecule has 0 amide bonds. The smallest absolute Gasteiger partial charge is 0.413 e. The van der Waals surface area contributed by atoms with Crippen molar-refractivity contribution in [1.82, 2.24) is 4.90 Å². The zero-order valence-electron chi connectivity index (χ0n) is 16.0. The fourth-order valence-electron chi connectivity index (χ4n) is 2.80. The Hall–Kier alpha value is -1.82. The summed E-state index contributed by atoms with van der Waals surface area (Å²) in [4.78, 5) is 6.94. The summed E-state index contributed by atoms with van der Waals surface area (Å²) in [5.74, 6) is 0.874. The summed E-state index contributed by atoms with van der Waals surface area (Å²) in [5, 5.41) is 7.73. The number of hydrogen-bond donors (Lipinski definition) is 1. The van der Waals surface area contributed by atoms with Gasteiger partial charge in [0.05, 0.1) is 5.84 Å². The van der Waals surface area contributed by atoms with Gasteiger partial charge in [0, 0.05) is 5.70 Å². The fourth-order valence-corrected chi connectivity index (χ4v) is 2.80. The van der Waals surface area contributed by atoms with E-state index >= 15 is 0 Å². The molecular weight excluding hydrogens is 301 g/mol. The molecule has 0 aromatic heterocycles. The van der Waals surface area contributed by atoms with Gasteiger partial charge in [-0.05, 0) is 37.1 Å². The van der Waals surface area contributed by atoms with Crippen LogP contribution in [0.25, 0.3) is 0 Å². The minimum Gasteiger partial charge on any atom is -0.413 e. The van der Waals surface area contributed by atoms with Crippen LogP contribution in [0.15, 0.2) is 52.7 Å². The van der Waals surface area contributed by atoms with Gasteiger partial charge in [-0.2, -0.15) is 13.3 Å². The van der Waals surface area contributed by atoms with Gasteiger partial charge in [-0.1, -0.05) is 55.8 Å². The monoisotopic (exact) mass is 326 g/mol. The summed E-state index contributed by atoms with van der Waals surface area (Å²) >= 11 is 0. The number of unbranched alkanes of at least 4 members (excludes halogenated alkanes) is 1. The maximum Gasteiger partial charge on any atom is 1.00 e. The predicted octanol–water partition coefficient (Wildman–Crippen LogP) is 1.78. The van der Waals surface area contributed by atoms with Gasteiger partial charge in [0.15, 0.2) is 0 Å². The molecule has 1 heterocycles. The first-order chi connectivity index (χ1) is 11.5. The number of nitrogens with one attached hydrogen (secondary N) is 1. The maximum atomic E-state index is 7.73. The van der Waals surface area contributed by atoms with Crippen LogP contribution in [0.1, 0.15) is 37.0 Å². The van der Waals surface area contributed by atoms with Crippen molar-refractivity contribution in [2.24, 2.45) is 4.99 Å². The first kappa shape index (κ1) is 21.2. The number of amidine groups is 1. The Morgan fingerprint density at radius 3 is 2.44 bits per heavy atom. The molecular formula is C21H25LiN3-. The van der Waals surface area contributed by atoms with Crippen LogP contribution in [0.4, 0.5) is 0 Å². The van der Waals surface area contributed by atoms with Gasteiger partial charge in [-0.3, -0.25) is 4.99 Å². The molecule has 0 fully saturated rings. The minimum atomic E-state index is 0. The molecule has 1 aliphatic rings. The standard InChI is InChI=1S/C21H25N3.Li/c1-6-8-12-24-14-18(13-22)17(5)19(7-2)23-21(24)20-15(3)10-9-11-16(20)4;/h6-7,9-11,13,22H,2,8,12H2,1,3-5H3;/q-2;+1. The van der Waals surface area contributed by atoms with Crippen molar-refractivity contribution in [3.8, 4) is 0 Å². The van der Waals surface area contributed by atoms with Crippen LogP contribution in [0.5, 0.6) is 0 Å². The normalized spacial score (nSPS) is 14.3. The molecule has 0 bridgehead atoms. The van der Waals surface area contributed by atoms with E-state index in [2.05, 4.69) is 51.2 Å². The van der Waals surface area contributed by atoms with E-state index < -0.39 is 0 Å². The van der Waals surface area contributed by atoms with E-state index in [0.717, 1.165) is 41.2 Å². The Morgan fingerprint density at radius 2 is 1.92 bits per heavy atom. The molecule has 0 aliphatic carbocycles. The van der Waals surface area contributed by atoms with Gasteiger partial charge >= 0.3 is 18.9 Å². The average Bonchev–Trinajstić information content (AvgIpc) is 2.70. The Balaban J connectivity index is 0.00000312. The van der Waals surface area contributed by atoms with Crippen molar-refractivity contribution in [1.29, 1.82) is 5.41 Å². The molecule has 1 N–H and O–H groups in total. The van der Waals surface area contributed by atoms with Crippen molar-refractivity contribution in [2.45, 2.75) is 34.1 Å². The molecule has 25 heavy (non-hydrogen) atoms. The molecule has 126 valence electrons. The van der Waals surface area contributed by atoms with Crippen molar-refractivity contribution in [3.63, 3.8) is 0 Å². The van der Waals surface area contributed by atoms with Crippen LogP contribution in [-0.4, -0.2) is 23.5 Å². The number of aryl methyl sites for hydroxylation is 2. The van der Waals surface area contributed by atoms with E-state index in [9.17, 15) is 0 Å². The second-order valence-electron chi connectivity index (χ2n) is 5.93. The Morgan fingerprint density at radius 1 is 1.28 bits per heavy atom. The summed E-state index contributed by atoms with van der Waals surface area (Å²) in [5.41, 5.74) is 5.94. The van der Waals surface area contributed by atoms with E-state index in [4.69, 9.17) is 10.4 Å². The van der Waals surface area contributed by atoms with E-state index in [0.29, 0.717) is 0 Å². The molecule has 0 saturated heterocycles. The molecule has 3 nitrogen and oxygen atoms in total. The maximum absolute atomic E-state index is 7.73. The summed E-state index contributed by atoms with van der Waals surface area (Å²) in [6.45, 7) is 12.9. The van der Waals surface area contributed by atoms with E-state index in [1.807, 2.05) is 18.7 Å². The Labute approximate surface area is 163 Å². The number of hydrogen-bond acceptors (Lipinski definition) is 3. The zero-order valence-corrected chi connectivity index (χ0v) is 16.0. The third-order valence-electron chi connectivity index (χ3n) is 4.21. The van der Waals surface area contributed by atoms with Crippen molar-refractivity contribution < 1.29 is 18.9 Å². The number of aliphatic imine (C=N–C) groups is 1. The number of rotatable bonds is 6. The van der Waals surface area contributed by atoms with Gasteiger partial charge in [-0.15, -0.1) is 5.57 Å². The Bertz CT molecular complexity index is 721. The number of nitrogens with zero attached hydrogens (tertiary/aromatic N) is 2. The molecule has 0 spiro atoms. The predicted molar refractivity (Wildman–Crippen MR) is 102 cm³/mol. The second-order valence-corrected chi connectivity index (χ2v) is 5.93. The summed E-state index contributed by atoms with van der Waals surface area (Å²) in [6.07, 6.45) is 9.51. The topological polar surface area (TPSA) is 39.5 Å². The molecule has 0 atom stereocenters. The first-order valence-corrected chi connectivity index (χ1v) is 8.21. The molecule has 1 aliphatic heterocycles. The summed E-state index contributed by atoms with van der Waals surface area (Å²) in [7, 11) is 0. The molecule has 4 heteroatoms. The molecule has 1 aromatic rings. The van der Waals surface area contributed by atoms with Gasteiger partial charge in [0.2, 0.25) is 0 Å². The van der Waals surface area contributed by atoms with Crippen LogP contribution < -0.4 is 18.9 Å². The van der Waals surface area contributed by atoms with Crippen LogP contribution in [0.3, 0.4) is 0 Å². The van der Waals surface area contributed by atoms with Gasteiger partial charge in [0.1, 0.15) is 0 Å². The molecule has 0 saturated carbocycles.